The number of aliphatic hydroxyl groups excluding tert-OH is 1. The number of carbonyl (C=O) groups excluding carboxylic acids is 2. The first kappa shape index (κ1) is 18.0. The van der Waals surface area contributed by atoms with Gasteiger partial charge in [-0.1, -0.05) is 12.2 Å². The van der Waals surface area contributed by atoms with Crippen molar-refractivity contribution in [3.8, 4) is 0 Å². The average molecular weight is 342 g/mol. The number of amides is 2. The van der Waals surface area contributed by atoms with Crippen molar-refractivity contribution in [1.29, 1.82) is 0 Å². The molecule has 0 saturated heterocycles. The van der Waals surface area contributed by atoms with Crippen LogP contribution in [-0.4, -0.2) is 72.4 Å². The lowest BCUT2D eigenvalue weighted by molar-refractivity contribution is -0.136. The Balaban J connectivity index is 1.84. The Labute approximate surface area is 140 Å². The van der Waals surface area contributed by atoms with E-state index in [0.717, 1.165) is 4.90 Å². The molecule has 1 heterocycles. The molecular weight excluding hydrogens is 320 g/mol. The second-order valence-corrected chi connectivity index (χ2v) is 6.22. The van der Waals surface area contributed by atoms with Crippen LogP contribution in [0.3, 0.4) is 0 Å². The molecule has 8 heteroatoms. The third kappa shape index (κ3) is 4.14. The molecule has 1 unspecified atom stereocenters. The number of aliphatic hydroxyl groups is 1. The van der Waals surface area contributed by atoms with Crippen molar-refractivity contribution in [2.24, 2.45) is 5.92 Å². The molecule has 7 nitrogen and oxygen atoms in total. The summed E-state index contributed by atoms with van der Waals surface area (Å²) in [6, 6.07) is -0.120. The Morgan fingerprint density at radius 1 is 1.39 bits per heavy atom. The maximum atomic E-state index is 11.5. The first-order valence-electron chi connectivity index (χ1n) is 7.50. The third-order valence-electron chi connectivity index (χ3n) is 4.24. The normalized spacial score (nSPS) is 30.3. The first-order valence-corrected chi connectivity index (χ1v) is 7.91. The molecule has 1 fully saturated rings. The monoisotopic (exact) mass is 342 g/mol. The summed E-state index contributed by atoms with van der Waals surface area (Å²) >= 11 is 5.30. The minimum absolute atomic E-state index is 0.0174. The lowest BCUT2D eigenvalue weighted by Crippen LogP contribution is -2.44. The van der Waals surface area contributed by atoms with Gasteiger partial charge in [0.1, 0.15) is 6.10 Å². The fraction of sp³-hybridized carbons (Fsp3) is 0.667. The molecule has 2 amide bonds. The predicted octanol–water partition coefficient (Wildman–Crippen LogP) is -0.371. The Morgan fingerprint density at radius 3 is 2.61 bits per heavy atom. The fourth-order valence-corrected chi connectivity index (χ4v) is 3.32. The molecule has 0 aromatic rings. The van der Waals surface area contributed by atoms with E-state index in [1.165, 1.54) is 12.2 Å². The molecule has 2 aliphatic rings. The van der Waals surface area contributed by atoms with E-state index in [1.807, 2.05) is 0 Å². The highest BCUT2D eigenvalue weighted by Crippen LogP contribution is 2.29. The number of carbonyl (C=O) groups is 2. The molecule has 2 N–H and O–H groups in total. The van der Waals surface area contributed by atoms with Crippen molar-refractivity contribution in [3.63, 3.8) is 0 Å². The van der Waals surface area contributed by atoms with Crippen LogP contribution in [0.25, 0.3) is 0 Å². The Morgan fingerprint density at radius 2 is 2.04 bits per heavy atom. The zero-order valence-corrected chi connectivity index (χ0v) is 14.0. The van der Waals surface area contributed by atoms with Crippen LogP contribution in [0.4, 0.5) is 0 Å². The number of imide groups is 1. The number of methoxy groups -OCH3 is 2. The van der Waals surface area contributed by atoms with Gasteiger partial charge >= 0.3 is 0 Å². The minimum Gasteiger partial charge on any atom is -0.390 e. The molecule has 23 heavy (non-hydrogen) atoms. The van der Waals surface area contributed by atoms with Gasteiger partial charge in [0.25, 0.3) is 11.8 Å². The number of nitrogens with zero attached hydrogens (tertiary/aromatic N) is 1. The van der Waals surface area contributed by atoms with E-state index < -0.39 is 6.10 Å². The van der Waals surface area contributed by atoms with Crippen LogP contribution in [0.1, 0.15) is 12.8 Å². The van der Waals surface area contributed by atoms with Gasteiger partial charge in [0.05, 0.1) is 23.7 Å². The highest BCUT2D eigenvalue weighted by molar-refractivity contribution is 7.80. The SMILES string of the molecule is COC[C@H]1C[C@H](NC(=S)CCN2C(=O)C=CC2=O)C(OC)[C@H]1O. The van der Waals surface area contributed by atoms with Gasteiger partial charge in [0.15, 0.2) is 0 Å². The summed E-state index contributed by atoms with van der Waals surface area (Å²) in [6.45, 7) is 0.694. The number of rotatable bonds is 7. The highest BCUT2D eigenvalue weighted by atomic mass is 32.1. The number of hydrogen-bond donors (Lipinski definition) is 2. The van der Waals surface area contributed by atoms with Gasteiger partial charge in [-0.25, -0.2) is 0 Å². The van der Waals surface area contributed by atoms with Crippen LogP contribution in [0.5, 0.6) is 0 Å². The maximum absolute atomic E-state index is 11.5. The lowest BCUT2D eigenvalue weighted by Gasteiger charge is -2.23. The fourth-order valence-electron chi connectivity index (χ4n) is 3.08. The summed E-state index contributed by atoms with van der Waals surface area (Å²) < 4.78 is 10.5. The quantitative estimate of drug-likeness (QED) is 0.482. The standard InChI is InChI=1S/C15H22N2O5S/c1-21-8-9-7-10(15(22-2)14(9)20)16-11(23)5-6-17-12(18)3-4-13(17)19/h3-4,9-10,14-15,20H,5-8H2,1-2H3,(H,16,23)/t9-,10+,14+,15?/m1/s1. The number of thiocarbonyl (C=S) groups is 1. The van der Waals surface area contributed by atoms with E-state index in [2.05, 4.69) is 5.32 Å². The zero-order valence-electron chi connectivity index (χ0n) is 13.2. The maximum Gasteiger partial charge on any atom is 0.253 e. The summed E-state index contributed by atoms with van der Waals surface area (Å²) in [5.41, 5.74) is 0. The summed E-state index contributed by atoms with van der Waals surface area (Å²) in [5.74, 6) is -0.649. The summed E-state index contributed by atoms with van der Waals surface area (Å²) in [6.07, 6.45) is 2.57. The second-order valence-electron chi connectivity index (χ2n) is 5.73. The van der Waals surface area contributed by atoms with E-state index in [9.17, 15) is 14.7 Å². The summed E-state index contributed by atoms with van der Waals surface area (Å²) in [7, 11) is 3.14. The Kier molecular flexibility index (Phi) is 6.23. The summed E-state index contributed by atoms with van der Waals surface area (Å²) in [5, 5.41) is 13.4. The average Bonchev–Trinajstić information content (AvgIpc) is 2.98. The molecule has 0 bridgehead atoms. The van der Waals surface area contributed by atoms with Crippen molar-refractivity contribution in [1.82, 2.24) is 10.2 Å². The van der Waals surface area contributed by atoms with E-state index in [-0.39, 0.29) is 36.4 Å². The molecule has 1 aliphatic carbocycles. The highest BCUT2D eigenvalue weighted by Gasteiger charge is 2.42. The minimum atomic E-state index is -0.619. The number of ether oxygens (including phenoxy) is 2. The largest absolute Gasteiger partial charge is 0.390 e. The van der Waals surface area contributed by atoms with Crippen LogP contribution in [0.15, 0.2) is 12.2 Å². The van der Waals surface area contributed by atoms with Gasteiger partial charge in [0.2, 0.25) is 0 Å². The number of nitrogens with one attached hydrogen (secondary N) is 1. The van der Waals surface area contributed by atoms with E-state index >= 15 is 0 Å². The second kappa shape index (κ2) is 7.96. The van der Waals surface area contributed by atoms with E-state index in [1.54, 1.807) is 14.2 Å². The van der Waals surface area contributed by atoms with E-state index in [4.69, 9.17) is 21.7 Å². The number of hydrogen-bond acceptors (Lipinski definition) is 6. The van der Waals surface area contributed by atoms with Crippen molar-refractivity contribution in [2.75, 3.05) is 27.4 Å². The molecule has 2 rings (SSSR count). The van der Waals surface area contributed by atoms with Crippen LogP contribution in [-0.2, 0) is 19.1 Å². The van der Waals surface area contributed by atoms with Crippen LogP contribution in [0.2, 0.25) is 0 Å². The molecular formula is C15H22N2O5S. The van der Waals surface area contributed by atoms with Crippen LogP contribution in [0, 0.1) is 5.92 Å². The smallest absolute Gasteiger partial charge is 0.253 e. The molecule has 0 aromatic heterocycles. The Hall–Kier alpha value is -1.35. The molecule has 1 aliphatic heterocycles. The molecule has 0 spiro atoms. The van der Waals surface area contributed by atoms with Gasteiger partial charge in [-0.2, -0.15) is 0 Å². The Bertz CT molecular complexity index is 492. The van der Waals surface area contributed by atoms with Crippen molar-refractivity contribution in [2.45, 2.75) is 31.1 Å². The topological polar surface area (TPSA) is 88.1 Å². The molecule has 4 atom stereocenters. The molecule has 1 saturated carbocycles. The lowest BCUT2D eigenvalue weighted by atomic mass is 10.1. The van der Waals surface area contributed by atoms with Crippen molar-refractivity contribution >= 4 is 29.0 Å². The predicted molar refractivity (Wildman–Crippen MR) is 86.8 cm³/mol. The van der Waals surface area contributed by atoms with Gasteiger partial charge < -0.3 is 19.9 Å². The van der Waals surface area contributed by atoms with Gasteiger partial charge in [-0.05, 0) is 6.42 Å². The molecule has 128 valence electrons. The van der Waals surface area contributed by atoms with Crippen molar-refractivity contribution in [3.05, 3.63) is 12.2 Å². The van der Waals surface area contributed by atoms with Gasteiger partial charge in [-0.3, -0.25) is 14.5 Å². The first-order chi connectivity index (χ1) is 11.0. The third-order valence-corrected chi connectivity index (χ3v) is 4.56. The molecule has 0 aromatic carbocycles. The van der Waals surface area contributed by atoms with Gasteiger partial charge in [-0.15, -0.1) is 0 Å². The van der Waals surface area contributed by atoms with Crippen LogP contribution < -0.4 is 5.32 Å². The molecule has 0 radical (unpaired) electrons. The van der Waals surface area contributed by atoms with Gasteiger partial charge in [0, 0.05) is 45.3 Å². The summed E-state index contributed by atoms with van der Waals surface area (Å²) in [4.78, 5) is 24.7. The zero-order chi connectivity index (χ0) is 17.0. The van der Waals surface area contributed by atoms with E-state index in [0.29, 0.717) is 24.4 Å². The van der Waals surface area contributed by atoms with Crippen molar-refractivity contribution < 1.29 is 24.2 Å². The van der Waals surface area contributed by atoms with Crippen LogP contribution >= 0.6 is 12.2 Å².